The fourth-order valence-corrected chi connectivity index (χ4v) is 4.16. The summed E-state index contributed by atoms with van der Waals surface area (Å²) in [4.78, 5) is 1.29. The summed E-state index contributed by atoms with van der Waals surface area (Å²) in [7, 11) is 0. The number of nitriles is 1. The molecular weight excluding hydrogens is 242 g/mol. The van der Waals surface area contributed by atoms with Gasteiger partial charge in [0, 0.05) is 4.90 Å². The lowest BCUT2D eigenvalue weighted by Crippen LogP contribution is -2.31. The molecular formula is C15H17NOS. The minimum Gasteiger partial charge on any atom is -0.373 e. The second-order valence-electron chi connectivity index (χ2n) is 5.21. The number of ether oxygens (including phenoxy) is 1. The zero-order valence-corrected chi connectivity index (χ0v) is 11.2. The highest BCUT2D eigenvalue weighted by atomic mass is 32.2. The Balaban J connectivity index is 1.58. The van der Waals surface area contributed by atoms with Gasteiger partial charge in [0.1, 0.15) is 0 Å². The lowest BCUT2D eigenvalue weighted by atomic mass is 9.73. The molecule has 2 bridgehead atoms. The summed E-state index contributed by atoms with van der Waals surface area (Å²) in [6, 6.07) is 13.0. The molecule has 0 spiro atoms. The maximum atomic E-state index is 9.50. The van der Waals surface area contributed by atoms with E-state index in [9.17, 15) is 5.26 Å². The molecule has 0 N–H and O–H groups in total. The van der Waals surface area contributed by atoms with Crippen molar-refractivity contribution in [3.05, 3.63) is 30.3 Å². The molecule has 2 fully saturated rings. The first-order chi connectivity index (χ1) is 8.82. The number of hydrogen-bond donors (Lipinski definition) is 0. The van der Waals surface area contributed by atoms with Gasteiger partial charge in [-0.25, -0.2) is 0 Å². The minimum absolute atomic E-state index is 0.198. The van der Waals surface area contributed by atoms with Gasteiger partial charge >= 0.3 is 0 Å². The van der Waals surface area contributed by atoms with Crippen LogP contribution in [0.15, 0.2) is 35.2 Å². The Morgan fingerprint density at radius 2 is 2.17 bits per heavy atom. The van der Waals surface area contributed by atoms with Crippen LogP contribution in [0.4, 0.5) is 0 Å². The van der Waals surface area contributed by atoms with Crippen LogP contribution in [0.5, 0.6) is 0 Å². The Kier molecular flexibility index (Phi) is 3.32. The maximum absolute atomic E-state index is 9.50. The lowest BCUT2D eigenvalue weighted by molar-refractivity contribution is 0.0780. The summed E-state index contributed by atoms with van der Waals surface area (Å²) in [5.41, 5.74) is -0.204. The summed E-state index contributed by atoms with van der Waals surface area (Å²) < 4.78 is 5.85. The molecule has 0 aromatic heterocycles. The summed E-state index contributed by atoms with van der Waals surface area (Å²) >= 11 is 1.84. The van der Waals surface area contributed by atoms with Crippen molar-refractivity contribution < 1.29 is 4.74 Å². The Hall–Kier alpha value is -0.980. The number of thioether (sulfide) groups is 1. The van der Waals surface area contributed by atoms with E-state index in [2.05, 4.69) is 30.3 Å². The zero-order valence-electron chi connectivity index (χ0n) is 10.3. The van der Waals surface area contributed by atoms with Crippen LogP contribution in [0.2, 0.25) is 0 Å². The highest BCUT2D eigenvalue weighted by Gasteiger charge is 2.52. The molecule has 2 saturated heterocycles. The van der Waals surface area contributed by atoms with E-state index in [1.165, 1.54) is 4.90 Å². The quantitative estimate of drug-likeness (QED) is 0.774. The molecule has 1 aromatic rings. The van der Waals surface area contributed by atoms with Gasteiger partial charge in [-0.3, -0.25) is 0 Å². The van der Waals surface area contributed by atoms with Crippen LogP contribution in [-0.2, 0) is 4.74 Å². The van der Waals surface area contributed by atoms with Crippen LogP contribution in [0.25, 0.3) is 0 Å². The van der Waals surface area contributed by atoms with Gasteiger partial charge in [0.15, 0.2) is 0 Å². The standard InChI is InChI=1S/C15H17NOS/c16-11-15(10-12-6-7-14(15)17-12)8-9-18-13-4-2-1-3-5-13/h1-5,12,14H,6-10H2. The summed E-state index contributed by atoms with van der Waals surface area (Å²) in [5, 5.41) is 9.50. The summed E-state index contributed by atoms with van der Waals surface area (Å²) in [5.74, 6) is 1.00. The Morgan fingerprint density at radius 3 is 2.78 bits per heavy atom. The van der Waals surface area contributed by atoms with Crippen molar-refractivity contribution in [1.29, 1.82) is 5.26 Å². The van der Waals surface area contributed by atoms with Gasteiger partial charge in [-0.05, 0) is 43.6 Å². The molecule has 0 aliphatic carbocycles. The molecule has 3 heteroatoms. The van der Waals surface area contributed by atoms with E-state index in [-0.39, 0.29) is 11.5 Å². The van der Waals surface area contributed by atoms with Gasteiger partial charge < -0.3 is 4.74 Å². The van der Waals surface area contributed by atoms with Crippen molar-refractivity contribution in [3.8, 4) is 6.07 Å². The number of hydrogen-bond acceptors (Lipinski definition) is 3. The Labute approximate surface area is 112 Å². The highest BCUT2D eigenvalue weighted by Crippen LogP contribution is 2.50. The monoisotopic (exact) mass is 259 g/mol. The third kappa shape index (κ3) is 2.15. The largest absolute Gasteiger partial charge is 0.373 e. The van der Waals surface area contributed by atoms with Crippen LogP contribution >= 0.6 is 11.8 Å². The molecule has 94 valence electrons. The van der Waals surface area contributed by atoms with E-state index in [0.717, 1.165) is 31.4 Å². The molecule has 3 atom stereocenters. The summed E-state index contributed by atoms with van der Waals surface area (Å²) in [6.07, 6.45) is 4.68. The first-order valence-corrected chi connectivity index (χ1v) is 7.55. The molecule has 0 saturated carbocycles. The fraction of sp³-hybridized carbons (Fsp3) is 0.533. The van der Waals surface area contributed by atoms with Crippen LogP contribution < -0.4 is 0 Å². The maximum Gasteiger partial charge on any atom is 0.0867 e. The topological polar surface area (TPSA) is 33.0 Å². The molecule has 3 rings (SSSR count). The van der Waals surface area contributed by atoms with Gasteiger partial charge in [0.05, 0.1) is 23.7 Å². The molecule has 0 amide bonds. The molecule has 2 nitrogen and oxygen atoms in total. The van der Waals surface area contributed by atoms with Crippen molar-refractivity contribution in [2.45, 2.75) is 42.8 Å². The van der Waals surface area contributed by atoms with Gasteiger partial charge in [-0.15, -0.1) is 11.8 Å². The van der Waals surface area contributed by atoms with Gasteiger partial charge in [-0.1, -0.05) is 18.2 Å². The van der Waals surface area contributed by atoms with Crippen molar-refractivity contribution in [1.82, 2.24) is 0 Å². The van der Waals surface area contributed by atoms with Gasteiger partial charge in [0.2, 0.25) is 0 Å². The van der Waals surface area contributed by atoms with Crippen LogP contribution in [0, 0.1) is 16.7 Å². The molecule has 2 aliphatic rings. The normalized spacial score (nSPS) is 33.5. The average molecular weight is 259 g/mol. The first kappa shape index (κ1) is 12.1. The number of fused-ring (bicyclic) bond motifs is 2. The van der Waals surface area contributed by atoms with Crippen LogP contribution in [0.3, 0.4) is 0 Å². The molecule has 0 radical (unpaired) electrons. The van der Waals surface area contributed by atoms with Crippen molar-refractivity contribution in [2.24, 2.45) is 5.41 Å². The smallest absolute Gasteiger partial charge is 0.0867 e. The van der Waals surface area contributed by atoms with Crippen molar-refractivity contribution in [2.75, 3.05) is 5.75 Å². The Morgan fingerprint density at radius 1 is 1.33 bits per heavy atom. The number of rotatable bonds is 4. The van der Waals surface area contributed by atoms with E-state index in [0.29, 0.717) is 6.10 Å². The molecule has 18 heavy (non-hydrogen) atoms. The molecule has 1 aromatic carbocycles. The van der Waals surface area contributed by atoms with E-state index in [1.807, 2.05) is 17.8 Å². The third-order valence-electron chi connectivity index (χ3n) is 4.10. The first-order valence-electron chi connectivity index (χ1n) is 6.57. The summed E-state index contributed by atoms with van der Waals surface area (Å²) in [6.45, 7) is 0. The Bertz CT molecular complexity index is 455. The molecule has 2 heterocycles. The van der Waals surface area contributed by atoms with Crippen molar-refractivity contribution >= 4 is 11.8 Å². The van der Waals surface area contributed by atoms with E-state index < -0.39 is 0 Å². The predicted molar refractivity (Wildman–Crippen MR) is 72.3 cm³/mol. The zero-order chi connectivity index (χ0) is 12.4. The molecule has 2 aliphatic heterocycles. The SMILES string of the molecule is N#CC1(CCSc2ccccc2)CC2CCC1O2. The van der Waals surface area contributed by atoms with Crippen molar-refractivity contribution in [3.63, 3.8) is 0 Å². The van der Waals surface area contributed by atoms with Gasteiger partial charge in [0.25, 0.3) is 0 Å². The van der Waals surface area contributed by atoms with E-state index in [4.69, 9.17) is 4.74 Å². The van der Waals surface area contributed by atoms with E-state index >= 15 is 0 Å². The lowest BCUT2D eigenvalue weighted by Gasteiger charge is -2.27. The third-order valence-corrected chi connectivity index (χ3v) is 5.11. The average Bonchev–Trinajstić information content (AvgIpc) is 3.01. The number of benzene rings is 1. The number of nitrogens with zero attached hydrogens (tertiary/aromatic N) is 1. The van der Waals surface area contributed by atoms with Crippen LogP contribution in [-0.4, -0.2) is 18.0 Å². The van der Waals surface area contributed by atoms with E-state index in [1.54, 1.807) is 0 Å². The highest BCUT2D eigenvalue weighted by molar-refractivity contribution is 7.99. The van der Waals surface area contributed by atoms with Crippen LogP contribution in [0.1, 0.15) is 25.7 Å². The predicted octanol–water partition coefficient (Wildman–Crippen LogP) is 3.63. The minimum atomic E-state index is -0.204. The fourth-order valence-electron chi connectivity index (χ4n) is 3.10. The van der Waals surface area contributed by atoms with Gasteiger partial charge in [-0.2, -0.15) is 5.26 Å². The second-order valence-corrected chi connectivity index (χ2v) is 6.38. The second kappa shape index (κ2) is 4.95. The molecule has 3 unspecified atom stereocenters.